The number of likely N-dealkylation sites (N-methyl/N-ethyl adjacent to an activating group) is 1. The van der Waals surface area contributed by atoms with Crippen LogP contribution in [0.4, 0.5) is 10.5 Å². The van der Waals surface area contributed by atoms with E-state index in [9.17, 15) is 9.59 Å². The summed E-state index contributed by atoms with van der Waals surface area (Å²) in [6.07, 6.45) is 6.34. The van der Waals surface area contributed by atoms with Gasteiger partial charge in [0.05, 0.1) is 44.4 Å². The first-order valence-corrected chi connectivity index (χ1v) is 11.2. The lowest BCUT2D eigenvalue weighted by atomic mass is 9.92. The van der Waals surface area contributed by atoms with Crippen LogP contribution in [0.3, 0.4) is 0 Å². The van der Waals surface area contributed by atoms with Crippen molar-refractivity contribution in [3.8, 4) is 5.75 Å². The number of nitrogens with one attached hydrogen (secondary N) is 1. The Kier molecular flexibility index (Phi) is 6.54. The molecular weight excluding hydrogens is 436 g/mol. The predicted molar refractivity (Wildman–Crippen MR) is 130 cm³/mol. The normalized spacial score (nSPS) is 22.4. The number of hydrogen-bond acceptors (Lipinski definition) is 6. The van der Waals surface area contributed by atoms with Crippen LogP contribution in [0.2, 0.25) is 0 Å². The number of benzene rings is 1. The number of carbonyl (C=O) groups excluding carboxylic acids is 1. The number of amidine groups is 1. The molecule has 0 spiro atoms. The molecular formula is C24H31N6O4+. The molecule has 1 atom stereocenters. The van der Waals surface area contributed by atoms with E-state index in [4.69, 9.17) is 14.8 Å². The van der Waals surface area contributed by atoms with E-state index in [0.717, 1.165) is 48.7 Å². The number of carboxylic acid groups (broad SMARTS) is 1. The number of nitrogens with zero attached hydrogens (tertiary/aromatic N) is 5. The fourth-order valence-corrected chi connectivity index (χ4v) is 4.63. The minimum atomic E-state index is -1.15. The van der Waals surface area contributed by atoms with Crippen LogP contribution < -0.4 is 10.1 Å². The Balaban J connectivity index is 1.61. The monoisotopic (exact) mass is 467 g/mol. The van der Waals surface area contributed by atoms with E-state index in [1.165, 1.54) is 7.11 Å². The lowest BCUT2D eigenvalue weighted by molar-refractivity contribution is -0.713. The summed E-state index contributed by atoms with van der Waals surface area (Å²) >= 11 is 0. The van der Waals surface area contributed by atoms with Gasteiger partial charge in [0.1, 0.15) is 17.6 Å². The average Bonchev–Trinajstić information content (AvgIpc) is 3.12. The molecule has 0 aliphatic carbocycles. The van der Waals surface area contributed by atoms with Gasteiger partial charge in [0.15, 0.2) is 5.70 Å². The topological polar surface area (TPSA) is 107 Å². The number of carbonyl (C=O) groups is 2. The predicted octanol–water partition coefficient (Wildman–Crippen LogP) is 2.56. The van der Waals surface area contributed by atoms with Gasteiger partial charge in [-0.15, -0.1) is 0 Å². The highest BCUT2D eigenvalue weighted by Gasteiger charge is 2.44. The van der Waals surface area contributed by atoms with Gasteiger partial charge in [-0.05, 0) is 44.1 Å². The van der Waals surface area contributed by atoms with E-state index in [1.807, 2.05) is 24.5 Å². The first-order valence-electron chi connectivity index (χ1n) is 11.2. The van der Waals surface area contributed by atoms with Crippen LogP contribution in [0.5, 0.6) is 5.75 Å². The lowest BCUT2D eigenvalue weighted by Gasteiger charge is -2.32. The second-order valence-electron chi connectivity index (χ2n) is 9.04. The van der Waals surface area contributed by atoms with Crippen LogP contribution in [0.1, 0.15) is 18.4 Å². The number of methoxy groups -OCH3 is 1. The summed E-state index contributed by atoms with van der Waals surface area (Å²) in [6, 6.07) is 5.35. The number of likely N-dealkylation sites (tertiary alicyclic amines) is 1. The van der Waals surface area contributed by atoms with Crippen molar-refractivity contribution in [2.24, 2.45) is 15.9 Å². The Bertz CT molecular complexity index is 1110. The second-order valence-corrected chi connectivity index (χ2v) is 9.04. The molecule has 3 aliphatic heterocycles. The third kappa shape index (κ3) is 4.46. The Hall–Kier alpha value is -3.50. The highest BCUT2D eigenvalue weighted by Crippen LogP contribution is 2.40. The van der Waals surface area contributed by atoms with Crippen molar-refractivity contribution in [1.29, 1.82) is 0 Å². The summed E-state index contributed by atoms with van der Waals surface area (Å²) in [5.74, 6) is 1.64. The highest BCUT2D eigenvalue weighted by atomic mass is 16.5. The van der Waals surface area contributed by atoms with Crippen molar-refractivity contribution >= 4 is 29.7 Å². The molecule has 1 saturated heterocycles. The molecule has 10 heteroatoms. The van der Waals surface area contributed by atoms with E-state index < -0.39 is 6.09 Å². The zero-order chi connectivity index (χ0) is 24.5. The maximum absolute atomic E-state index is 12.1. The standard InChI is InChI=1S/C24H30N6O4/c1-28(2)21(31)15-29-10-7-16(8-11-29)22-19-14-25-9-12-30(19,3)23(27-22)17-5-6-18(26-24(32)33)20(13-17)34-4/h5-6,9,12-14,16H,7-8,10-11,15H2,1-4H3,(H-,25,26,27,32,33)/p+1. The minimum Gasteiger partial charge on any atom is -0.495 e. The maximum atomic E-state index is 12.1. The quantitative estimate of drug-likeness (QED) is 0.626. The molecule has 1 aromatic carbocycles. The zero-order valence-electron chi connectivity index (χ0n) is 20.0. The van der Waals surface area contributed by atoms with Crippen LogP contribution in [-0.4, -0.2) is 91.3 Å². The fourth-order valence-electron chi connectivity index (χ4n) is 4.63. The molecule has 2 N–H and O–H groups in total. The number of rotatable bonds is 6. The van der Waals surface area contributed by atoms with E-state index in [-0.39, 0.29) is 11.8 Å². The number of hydrogen-bond donors (Lipinski definition) is 2. The molecule has 3 heterocycles. The zero-order valence-corrected chi connectivity index (χ0v) is 20.0. The molecule has 0 bridgehead atoms. The van der Waals surface area contributed by atoms with Gasteiger partial charge in [-0.2, -0.15) is 4.99 Å². The van der Waals surface area contributed by atoms with Gasteiger partial charge in [-0.1, -0.05) is 0 Å². The largest absolute Gasteiger partial charge is 0.495 e. The SMILES string of the molecule is COc1cc(C2=NC(C3CCN(CC(=O)N(C)C)CC3)=C3C=NC=C[N+]23C)ccc1NC(=O)O. The summed E-state index contributed by atoms with van der Waals surface area (Å²) < 4.78 is 5.82. The number of amides is 2. The fraction of sp³-hybridized carbons (Fsp3) is 0.417. The van der Waals surface area contributed by atoms with Crippen molar-refractivity contribution in [1.82, 2.24) is 9.80 Å². The minimum absolute atomic E-state index is 0.116. The molecule has 0 aromatic heterocycles. The van der Waals surface area contributed by atoms with Crippen molar-refractivity contribution in [2.75, 3.05) is 53.2 Å². The Labute approximate surface area is 199 Å². The van der Waals surface area contributed by atoms with Gasteiger partial charge < -0.3 is 14.7 Å². The van der Waals surface area contributed by atoms with Gasteiger partial charge in [0, 0.05) is 20.0 Å². The number of ether oxygens (including phenoxy) is 1. The Morgan fingerprint density at radius 1 is 1.29 bits per heavy atom. The lowest BCUT2D eigenvalue weighted by Crippen LogP contribution is -2.43. The molecule has 34 heavy (non-hydrogen) atoms. The first-order chi connectivity index (χ1) is 16.2. The molecule has 10 nitrogen and oxygen atoms in total. The molecule has 4 rings (SSSR count). The van der Waals surface area contributed by atoms with Gasteiger partial charge in [0.2, 0.25) is 11.7 Å². The third-order valence-corrected chi connectivity index (χ3v) is 6.61. The molecule has 1 aromatic rings. The van der Waals surface area contributed by atoms with E-state index in [0.29, 0.717) is 22.5 Å². The van der Waals surface area contributed by atoms with Crippen molar-refractivity contribution in [2.45, 2.75) is 12.8 Å². The van der Waals surface area contributed by atoms with Gasteiger partial charge in [-0.25, -0.2) is 9.28 Å². The number of anilines is 1. The molecule has 0 saturated carbocycles. The van der Waals surface area contributed by atoms with Crippen LogP contribution in [0, 0.1) is 5.92 Å². The van der Waals surface area contributed by atoms with Crippen LogP contribution in [0.25, 0.3) is 0 Å². The van der Waals surface area contributed by atoms with Crippen molar-refractivity contribution in [3.63, 3.8) is 0 Å². The average molecular weight is 468 g/mol. The number of aliphatic imine (C=N–C) groups is 2. The number of allylic oxidation sites excluding steroid dienone is 2. The molecule has 1 unspecified atom stereocenters. The van der Waals surface area contributed by atoms with Crippen LogP contribution in [-0.2, 0) is 4.79 Å². The molecule has 3 aliphatic rings. The first kappa shape index (κ1) is 23.7. The van der Waals surface area contributed by atoms with Crippen LogP contribution >= 0.6 is 0 Å². The summed E-state index contributed by atoms with van der Waals surface area (Å²) in [6.45, 7) is 2.12. The van der Waals surface area contributed by atoms with E-state index >= 15 is 0 Å². The Morgan fingerprint density at radius 3 is 2.68 bits per heavy atom. The summed E-state index contributed by atoms with van der Waals surface area (Å²) in [7, 11) is 7.15. The molecule has 180 valence electrons. The number of piperidine rings is 1. The van der Waals surface area contributed by atoms with Gasteiger partial charge in [0.25, 0.3) is 0 Å². The van der Waals surface area contributed by atoms with E-state index in [2.05, 4.69) is 22.3 Å². The van der Waals surface area contributed by atoms with Crippen molar-refractivity contribution < 1.29 is 23.9 Å². The number of fused-ring (bicyclic) bond motifs is 1. The summed E-state index contributed by atoms with van der Waals surface area (Å²) in [5.41, 5.74) is 3.28. The highest BCUT2D eigenvalue weighted by molar-refractivity contribution is 6.01. The van der Waals surface area contributed by atoms with Crippen molar-refractivity contribution in [3.05, 3.63) is 47.6 Å². The third-order valence-electron chi connectivity index (χ3n) is 6.61. The Morgan fingerprint density at radius 2 is 2.03 bits per heavy atom. The van der Waals surface area contributed by atoms with Gasteiger partial charge >= 0.3 is 6.09 Å². The molecule has 2 amide bonds. The molecule has 1 fully saturated rings. The van der Waals surface area contributed by atoms with Crippen LogP contribution in [0.15, 0.2) is 52.0 Å². The summed E-state index contributed by atoms with van der Waals surface area (Å²) in [4.78, 5) is 36.5. The van der Waals surface area contributed by atoms with E-state index in [1.54, 1.807) is 31.3 Å². The number of quaternary nitrogens is 1. The smallest absolute Gasteiger partial charge is 0.409 e. The van der Waals surface area contributed by atoms with Gasteiger partial charge in [-0.3, -0.25) is 20.0 Å². The maximum Gasteiger partial charge on any atom is 0.409 e. The summed E-state index contributed by atoms with van der Waals surface area (Å²) in [5, 5.41) is 11.4. The second kappa shape index (κ2) is 9.40. The molecule has 0 radical (unpaired) electrons.